The second-order valence-corrected chi connectivity index (χ2v) is 7.64. The molecule has 7 nitrogen and oxygen atoms in total. The largest absolute Gasteiger partial charge is 0.339 e. The van der Waals surface area contributed by atoms with Crippen LogP contribution in [-0.2, 0) is 9.59 Å². The van der Waals surface area contributed by atoms with Crippen LogP contribution in [0.3, 0.4) is 0 Å². The third kappa shape index (κ3) is 3.54. The van der Waals surface area contributed by atoms with Gasteiger partial charge in [0, 0.05) is 24.9 Å². The molecule has 160 valence electrons. The number of anilines is 2. The van der Waals surface area contributed by atoms with Crippen LogP contribution in [-0.4, -0.2) is 23.8 Å². The average molecular weight is 427 g/mol. The zero-order chi connectivity index (χ0) is 23.0. The lowest BCUT2D eigenvalue weighted by Crippen LogP contribution is -2.34. The molecule has 0 bridgehead atoms. The summed E-state index contributed by atoms with van der Waals surface area (Å²) < 4.78 is 0. The molecule has 2 amide bonds. The molecule has 3 aromatic rings. The molecule has 0 aromatic heterocycles. The maximum atomic E-state index is 13.6. The van der Waals surface area contributed by atoms with Gasteiger partial charge >= 0.3 is 0 Å². The molecule has 0 fully saturated rings. The molecule has 1 aliphatic rings. The van der Waals surface area contributed by atoms with Crippen LogP contribution in [0.2, 0.25) is 0 Å². The molecule has 1 aliphatic heterocycles. The quantitative estimate of drug-likeness (QED) is 0.337. The van der Waals surface area contributed by atoms with E-state index in [1.54, 1.807) is 18.0 Å². The summed E-state index contributed by atoms with van der Waals surface area (Å²) in [5, 5.41) is 11.1. The number of amides is 2. The first-order valence-corrected chi connectivity index (χ1v) is 10.0. The van der Waals surface area contributed by atoms with E-state index in [0.717, 1.165) is 21.7 Å². The predicted molar refractivity (Wildman–Crippen MR) is 123 cm³/mol. The number of carbonyl (C=O) groups is 2. The van der Waals surface area contributed by atoms with Gasteiger partial charge in [-0.05, 0) is 66.9 Å². The minimum atomic E-state index is -0.502. The summed E-state index contributed by atoms with van der Waals surface area (Å²) in [6, 6.07) is 20.3. The fourth-order valence-electron chi connectivity index (χ4n) is 3.72. The number of carbonyl (C=O) groups excluding carboxylic acids is 2. The van der Waals surface area contributed by atoms with E-state index < -0.39 is 16.7 Å². The Kier molecular flexibility index (Phi) is 5.32. The maximum absolute atomic E-state index is 13.6. The Hall–Kier alpha value is -4.26. The van der Waals surface area contributed by atoms with Gasteiger partial charge in [-0.25, -0.2) is 4.90 Å². The zero-order valence-electron chi connectivity index (χ0n) is 17.9. The highest BCUT2D eigenvalue weighted by molar-refractivity contribution is 6.46. The van der Waals surface area contributed by atoms with Gasteiger partial charge in [-0.2, -0.15) is 0 Å². The SMILES string of the molecule is Cc1ccc(N2C(=O)C(c3ccc([N+](=O)[O-])cc3)=C(N(C)c3ccccc3)C2=O)cc1C. The van der Waals surface area contributed by atoms with Gasteiger partial charge in [0.25, 0.3) is 17.5 Å². The van der Waals surface area contributed by atoms with E-state index >= 15 is 0 Å². The summed E-state index contributed by atoms with van der Waals surface area (Å²) >= 11 is 0. The van der Waals surface area contributed by atoms with E-state index in [1.807, 2.05) is 56.3 Å². The Morgan fingerprint density at radius 2 is 1.50 bits per heavy atom. The molecule has 0 atom stereocenters. The van der Waals surface area contributed by atoms with Crippen LogP contribution in [0.5, 0.6) is 0 Å². The molecule has 0 aliphatic carbocycles. The third-order valence-electron chi connectivity index (χ3n) is 5.65. The fourth-order valence-corrected chi connectivity index (χ4v) is 3.72. The molecule has 32 heavy (non-hydrogen) atoms. The molecular formula is C25H21N3O4. The molecule has 0 spiro atoms. The van der Waals surface area contributed by atoms with Crippen LogP contribution in [0.15, 0.2) is 78.5 Å². The van der Waals surface area contributed by atoms with E-state index in [9.17, 15) is 19.7 Å². The van der Waals surface area contributed by atoms with Crippen molar-refractivity contribution in [2.75, 3.05) is 16.8 Å². The molecule has 0 saturated carbocycles. The van der Waals surface area contributed by atoms with Gasteiger partial charge in [0.1, 0.15) is 5.70 Å². The van der Waals surface area contributed by atoms with E-state index in [-0.39, 0.29) is 17.0 Å². The highest BCUT2D eigenvalue weighted by Crippen LogP contribution is 2.37. The molecular weight excluding hydrogens is 406 g/mol. The van der Waals surface area contributed by atoms with E-state index in [4.69, 9.17) is 0 Å². The Labute approximate surface area is 185 Å². The monoisotopic (exact) mass is 427 g/mol. The topological polar surface area (TPSA) is 83.8 Å². The molecule has 0 N–H and O–H groups in total. The number of imide groups is 1. The number of likely N-dealkylation sites (N-methyl/N-ethyl adjacent to an activating group) is 1. The Morgan fingerprint density at radius 3 is 2.09 bits per heavy atom. The lowest BCUT2D eigenvalue weighted by molar-refractivity contribution is -0.384. The van der Waals surface area contributed by atoms with Crippen molar-refractivity contribution in [1.82, 2.24) is 0 Å². The van der Waals surface area contributed by atoms with Gasteiger partial charge in [0.2, 0.25) is 0 Å². The zero-order valence-corrected chi connectivity index (χ0v) is 17.9. The van der Waals surface area contributed by atoms with Crippen LogP contribution in [0, 0.1) is 24.0 Å². The first-order valence-electron chi connectivity index (χ1n) is 10.0. The van der Waals surface area contributed by atoms with Crippen molar-refractivity contribution < 1.29 is 14.5 Å². The number of nitro benzene ring substituents is 1. The highest BCUT2D eigenvalue weighted by Gasteiger charge is 2.42. The van der Waals surface area contributed by atoms with Crippen LogP contribution >= 0.6 is 0 Å². The summed E-state index contributed by atoms with van der Waals surface area (Å²) in [5.41, 5.74) is 4.02. The van der Waals surface area contributed by atoms with Crippen LogP contribution in [0.25, 0.3) is 5.57 Å². The van der Waals surface area contributed by atoms with Gasteiger partial charge in [-0.3, -0.25) is 19.7 Å². The molecule has 1 heterocycles. The third-order valence-corrected chi connectivity index (χ3v) is 5.65. The summed E-state index contributed by atoms with van der Waals surface area (Å²) in [6.07, 6.45) is 0. The molecule has 7 heteroatoms. The van der Waals surface area contributed by atoms with Crippen LogP contribution in [0.4, 0.5) is 17.1 Å². The number of hydrogen-bond acceptors (Lipinski definition) is 5. The van der Waals surface area contributed by atoms with E-state index in [2.05, 4.69) is 0 Å². The summed E-state index contributed by atoms with van der Waals surface area (Å²) in [6.45, 7) is 3.88. The number of hydrogen-bond donors (Lipinski definition) is 0. The first-order chi connectivity index (χ1) is 15.3. The molecule has 3 aromatic carbocycles. The molecule has 0 unspecified atom stereocenters. The van der Waals surface area contributed by atoms with Gasteiger partial charge in [-0.15, -0.1) is 0 Å². The second kappa shape index (κ2) is 8.11. The minimum Gasteiger partial charge on any atom is -0.339 e. The van der Waals surface area contributed by atoms with E-state index in [1.165, 1.54) is 24.3 Å². The standard InChI is InChI=1S/C25H21N3O4/c1-16-9-12-21(15-17(16)2)27-24(29)22(18-10-13-20(14-11-18)28(31)32)23(25(27)30)26(3)19-7-5-4-6-8-19/h4-15H,1-3H3. The molecule has 4 rings (SSSR count). The van der Waals surface area contributed by atoms with E-state index in [0.29, 0.717) is 11.3 Å². The summed E-state index contributed by atoms with van der Waals surface area (Å²) in [4.78, 5) is 40.5. The second-order valence-electron chi connectivity index (χ2n) is 7.64. The van der Waals surface area contributed by atoms with Crippen molar-refractivity contribution >= 4 is 34.4 Å². The lowest BCUT2D eigenvalue weighted by atomic mass is 10.0. The van der Waals surface area contributed by atoms with Crippen molar-refractivity contribution in [3.05, 3.63) is 105 Å². The van der Waals surface area contributed by atoms with Gasteiger partial charge in [-0.1, -0.05) is 24.3 Å². The van der Waals surface area contributed by atoms with Gasteiger partial charge < -0.3 is 4.90 Å². The summed E-state index contributed by atoms with van der Waals surface area (Å²) in [7, 11) is 1.73. The van der Waals surface area contributed by atoms with Gasteiger partial charge in [0.15, 0.2) is 0 Å². The Bertz CT molecular complexity index is 1260. The average Bonchev–Trinajstić information content (AvgIpc) is 3.05. The van der Waals surface area contributed by atoms with Crippen molar-refractivity contribution in [3.8, 4) is 0 Å². The number of benzene rings is 3. The maximum Gasteiger partial charge on any atom is 0.282 e. The smallest absolute Gasteiger partial charge is 0.282 e. The number of para-hydroxylation sites is 1. The van der Waals surface area contributed by atoms with Gasteiger partial charge in [0.05, 0.1) is 16.2 Å². The fraction of sp³-hybridized carbons (Fsp3) is 0.120. The molecule has 0 radical (unpaired) electrons. The molecule has 0 saturated heterocycles. The van der Waals surface area contributed by atoms with Crippen molar-refractivity contribution in [2.24, 2.45) is 0 Å². The summed E-state index contributed by atoms with van der Waals surface area (Å²) in [5.74, 6) is -0.914. The van der Waals surface area contributed by atoms with Crippen molar-refractivity contribution in [2.45, 2.75) is 13.8 Å². The lowest BCUT2D eigenvalue weighted by Gasteiger charge is -2.22. The number of rotatable bonds is 5. The number of aryl methyl sites for hydroxylation is 2. The Balaban J connectivity index is 1.87. The minimum absolute atomic E-state index is 0.0879. The predicted octanol–water partition coefficient (Wildman–Crippen LogP) is 4.63. The first kappa shape index (κ1) is 21.0. The van der Waals surface area contributed by atoms with Crippen LogP contribution < -0.4 is 9.80 Å². The Morgan fingerprint density at radius 1 is 0.844 bits per heavy atom. The normalized spacial score (nSPS) is 13.7. The number of nitrogens with zero attached hydrogens (tertiary/aromatic N) is 3. The number of non-ortho nitro benzene ring substituents is 1. The van der Waals surface area contributed by atoms with Crippen molar-refractivity contribution in [1.29, 1.82) is 0 Å². The van der Waals surface area contributed by atoms with Crippen molar-refractivity contribution in [3.63, 3.8) is 0 Å². The highest BCUT2D eigenvalue weighted by atomic mass is 16.6. The van der Waals surface area contributed by atoms with Crippen LogP contribution in [0.1, 0.15) is 16.7 Å². The number of nitro groups is 1.